The first-order valence-corrected chi connectivity index (χ1v) is 7.67. The highest BCUT2D eigenvalue weighted by Gasteiger charge is 2.27. The fraction of sp³-hybridized carbons (Fsp3) is 0.733. The van der Waals surface area contributed by atoms with Crippen LogP contribution in [0.3, 0.4) is 0 Å². The molecule has 1 aromatic heterocycles. The number of aromatic nitrogens is 1. The molecule has 2 heterocycles. The second kappa shape index (κ2) is 6.88. The van der Waals surface area contributed by atoms with E-state index in [2.05, 4.69) is 5.16 Å². The fourth-order valence-electron chi connectivity index (χ4n) is 2.96. The first-order valence-electron chi connectivity index (χ1n) is 7.67. The number of nitrogens with zero attached hydrogens (tertiary/aromatic N) is 2. The Morgan fingerprint density at radius 3 is 2.85 bits per heavy atom. The third-order valence-electron chi connectivity index (χ3n) is 4.15. The zero-order valence-electron chi connectivity index (χ0n) is 12.5. The van der Waals surface area contributed by atoms with Crippen molar-refractivity contribution in [1.29, 1.82) is 0 Å². The van der Waals surface area contributed by atoms with Gasteiger partial charge in [0, 0.05) is 31.1 Å². The second-order valence-corrected chi connectivity index (χ2v) is 5.39. The Balaban J connectivity index is 2.12. The number of hydrogen-bond donors (Lipinski definition) is 1. The Morgan fingerprint density at radius 1 is 1.40 bits per heavy atom. The minimum absolute atomic E-state index is 0.160. The van der Waals surface area contributed by atoms with Gasteiger partial charge >= 0.3 is 0 Å². The molecule has 2 rings (SSSR count). The summed E-state index contributed by atoms with van der Waals surface area (Å²) in [6, 6.07) is 0.200. The molecule has 0 saturated carbocycles. The van der Waals surface area contributed by atoms with E-state index >= 15 is 0 Å². The maximum absolute atomic E-state index is 12.6. The minimum atomic E-state index is 0.160. The third-order valence-corrected chi connectivity index (χ3v) is 4.15. The van der Waals surface area contributed by atoms with Crippen molar-refractivity contribution in [2.45, 2.75) is 58.4 Å². The molecule has 5 nitrogen and oxygen atoms in total. The van der Waals surface area contributed by atoms with E-state index in [1.165, 1.54) is 6.42 Å². The molecule has 1 atom stereocenters. The largest absolute Gasteiger partial charge is 0.361 e. The molecule has 0 radical (unpaired) electrons. The lowest BCUT2D eigenvalue weighted by molar-refractivity contribution is -0.133. The normalized spacial score (nSPS) is 19.4. The van der Waals surface area contributed by atoms with Crippen molar-refractivity contribution in [3.05, 3.63) is 17.0 Å². The standard InChI is InChI=1S/C15H25N3O2/c1-3-13-12(14(4-2)20-17-13)9-15(19)18-8-6-5-7-11(18)10-16/h11H,3-10,16H2,1-2H3/t11-/m0/s1. The number of hydrogen-bond acceptors (Lipinski definition) is 4. The van der Waals surface area contributed by atoms with E-state index in [-0.39, 0.29) is 11.9 Å². The van der Waals surface area contributed by atoms with Crippen molar-refractivity contribution in [3.8, 4) is 0 Å². The molecule has 1 aliphatic rings. The highest BCUT2D eigenvalue weighted by atomic mass is 16.5. The number of rotatable bonds is 5. The number of piperidine rings is 1. The topological polar surface area (TPSA) is 72.4 Å². The maximum Gasteiger partial charge on any atom is 0.227 e. The lowest BCUT2D eigenvalue weighted by Crippen LogP contribution is -2.48. The molecular weight excluding hydrogens is 254 g/mol. The highest BCUT2D eigenvalue weighted by molar-refractivity contribution is 5.79. The van der Waals surface area contributed by atoms with Crippen molar-refractivity contribution in [1.82, 2.24) is 10.1 Å². The molecule has 20 heavy (non-hydrogen) atoms. The first kappa shape index (κ1) is 15.0. The van der Waals surface area contributed by atoms with Crippen LogP contribution in [0.15, 0.2) is 4.52 Å². The van der Waals surface area contributed by atoms with Crippen LogP contribution >= 0.6 is 0 Å². The van der Waals surface area contributed by atoms with Crippen LogP contribution in [0.5, 0.6) is 0 Å². The quantitative estimate of drug-likeness (QED) is 0.890. The zero-order valence-corrected chi connectivity index (χ0v) is 12.5. The van der Waals surface area contributed by atoms with Crippen LogP contribution in [0, 0.1) is 0 Å². The molecule has 0 aromatic carbocycles. The molecule has 5 heteroatoms. The van der Waals surface area contributed by atoms with Gasteiger partial charge in [-0.2, -0.15) is 0 Å². The molecule has 0 bridgehead atoms. The van der Waals surface area contributed by atoms with Crippen molar-refractivity contribution in [2.24, 2.45) is 5.73 Å². The van der Waals surface area contributed by atoms with Gasteiger partial charge < -0.3 is 15.2 Å². The van der Waals surface area contributed by atoms with E-state index < -0.39 is 0 Å². The molecule has 0 aliphatic carbocycles. The second-order valence-electron chi connectivity index (χ2n) is 5.39. The molecule has 1 amide bonds. The summed E-state index contributed by atoms with van der Waals surface area (Å²) < 4.78 is 5.33. The van der Waals surface area contributed by atoms with Crippen LogP contribution < -0.4 is 5.73 Å². The predicted molar refractivity (Wildman–Crippen MR) is 77.4 cm³/mol. The molecule has 1 aliphatic heterocycles. The monoisotopic (exact) mass is 279 g/mol. The highest BCUT2D eigenvalue weighted by Crippen LogP contribution is 2.21. The smallest absolute Gasteiger partial charge is 0.227 e. The SMILES string of the molecule is CCc1noc(CC)c1CC(=O)N1CCCC[C@H]1CN. The summed E-state index contributed by atoms with van der Waals surface area (Å²) in [6.07, 6.45) is 5.23. The van der Waals surface area contributed by atoms with Gasteiger partial charge in [0.05, 0.1) is 12.1 Å². The number of carbonyl (C=O) groups is 1. The summed E-state index contributed by atoms with van der Waals surface area (Å²) in [5.41, 5.74) is 7.69. The minimum Gasteiger partial charge on any atom is -0.361 e. The van der Waals surface area contributed by atoms with E-state index in [0.717, 1.165) is 49.2 Å². The molecule has 2 N–H and O–H groups in total. The van der Waals surface area contributed by atoms with Gasteiger partial charge in [0.2, 0.25) is 5.91 Å². The summed E-state index contributed by atoms with van der Waals surface area (Å²) in [6.45, 7) is 5.44. The number of aryl methyl sites for hydroxylation is 2. The average Bonchev–Trinajstić information content (AvgIpc) is 2.88. The fourth-order valence-corrected chi connectivity index (χ4v) is 2.96. The van der Waals surface area contributed by atoms with Crippen LogP contribution in [0.25, 0.3) is 0 Å². The van der Waals surface area contributed by atoms with Gasteiger partial charge in [0.1, 0.15) is 5.76 Å². The molecule has 1 fully saturated rings. The van der Waals surface area contributed by atoms with Gasteiger partial charge in [-0.05, 0) is 25.7 Å². The average molecular weight is 279 g/mol. The Bertz CT molecular complexity index is 434. The van der Waals surface area contributed by atoms with E-state index in [0.29, 0.717) is 13.0 Å². The molecule has 1 aromatic rings. The molecule has 112 valence electrons. The summed E-state index contributed by atoms with van der Waals surface area (Å²) in [5, 5.41) is 4.07. The Kier molecular flexibility index (Phi) is 5.17. The molecule has 0 unspecified atom stereocenters. The van der Waals surface area contributed by atoms with Crippen LogP contribution in [0.2, 0.25) is 0 Å². The summed E-state index contributed by atoms with van der Waals surface area (Å²) in [5.74, 6) is 1.00. The van der Waals surface area contributed by atoms with E-state index in [9.17, 15) is 4.79 Å². The van der Waals surface area contributed by atoms with E-state index in [1.54, 1.807) is 0 Å². The van der Waals surface area contributed by atoms with Crippen molar-refractivity contribution in [3.63, 3.8) is 0 Å². The van der Waals surface area contributed by atoms with Crippen LogP contribution in [-0.2, 0) is 24.1 Å². The lowest BCUT2D eigenvalue weighted by atomic mass is 10.00. The van der Waals surface area contributed by atoms with Gasteiger partial charge in [0.15, 0.2) is 0 Å². The first-order chi connectivity index (χ1) is 9.71. The van der Waals surface area contributed by atoms with Gasteiger partial charge in [0.25, 0.3) is 0 Å². The van der Waals surface area contributed by atoms with Gasteiger partial charge in [-0.1, -0.05) is 19.0 Å². The maximum atomic E-state index is 12.6. The third kappa shape index (κ3) is 3.03. The predicted octanol–water partition coefficient (Wildman–Crippen LogP) is 1.68. The number of carbonyl (C=O) groups excluding carboxylic acids is 1. The Hall–Kier alpha value is -1.36. The van der Waals surface area contributed by atoms with Crippen LogP contribution in [0.4, 0.5) is 0 Å². The van der Waals surface area contributed by atoms with Crippen molar-refractivity contribution < 1.29 is 9.32 Å². The number of likely N-dealkylation sites (tertiary alicyclic amines) is 1. The zero-order chi connectivity index (χ0) is 14.5. The van der Waals surface area contributed by atoms with Gasteiger partial charge in [-0.15, -0.1) is 0 Å². The molecule has 1 saturated heterocycles. The van der Waals surface area contributed by atoms with E-state index in [1.807, 2.05) is 18.7 Å². The lowest BCUT2D eigenvalue weighted by Gasteiger charge is -2.35. The molecular formula is C15H25N3O2. The summed E-state index contributed by atoms with van der Waals surface area (Å²) >= 11 is 0. The number of nitrogens with two attached hydrogens (primary N) is 1. The van der Waals surface area contributed by atoms with Gasteiger partial charge in [-0.25, -0.2) is 0 Å². The van der Waals surface area contributed by atoms with Crippen molar-refractivity contribution >= 4 is 5.91 Å². The van der Waals surface area contributed by atoms with Crippen LogP contribution in [-0.4, -0.2) is 35.1 Å². The molecule has 0 spiro atoms. The Labute approximate surface area is 120 Å². The Morgan fingerprint density at radius 2 is 2.20 bits per heavy atom. The number of amides is 1. The van der Waals surface area contributed by atoms with Crippen molar-refractivity contribution in [2.75, 3.05) is 13.1 Å². The van der Waals surface area contributed by atoms with Gasteiger partial charge in [-0.3, -0.25) is 4.79 Å². The summed E-state index contributed by atoms with van der Waals surface area (Å²) in [4.78, 5) is 14.5. The summed E-state index contributed by atoms with van der Waals surface area (Å²) in [7, 11) is 0. The van der Waals surface area contributed by atoms with E-state index in [4.69, 9.17) is 10.3 Å². The van der Waals surface area contributed by atoms with Crippen LogP contribution in [0.1, 0.15) is 50.1 Å².